The summed E-state index contributed by atoms with van der Waals surface area (Å²) >= 11 is 5.73. The number of rotatable bonds is 5. The number of carbonyl (C=O) groups excluding carboxylic acids is 1. The quantitative estimate of drug-likeness (QED) is 0.662. The lowest BCUT2D eigenvalue weighted by Crippen LogP contribution is -2.14. The van der Waals surface area contributed by atoms with E-state index in [0.717, 1.165) is 17.0 Å². The van der Waals surface area contributed by atoms with Gasteiger partial charge in [0.1, 0.15) is 11.5 Å². The molecule has 8 heteroatoms. The fourth-order valence-corrected chi connectivity index (χ4v) is 2.87. The predicted molar refractivity (Wildman–Crippen MR) is 103 cm³/mol. The van der Waals surface area contributed by atoms with Crippen LogP contribution < -0.4 is 20.1 Å². The number of hydrogen-bond donors (Lipinski definition) is 2. The SMILES string of the molecule is O=C(Nc1ccc(F)c(Cl)c1)c1cc(NCc2ccc3c(c2)OCO3)ccn1. The Morgan fingerprint density at radius 2 is 1.93 bits per heavy atom. The Bertz CT molecular complexity index is 1040. The molecule has 1 aromatic heterocycles. The third kappa shape index (κ3) is 3.99. The molecule has 2 aromatic carbocycles. The summed E-state index contributed by atoms with van der Waals surface area (Å²) in [5.41, 5.74) is 2.34. The largest absolute Gasteiger partial charge is 0.454 e. The lowest BCUT2D eigenvalue weighted by Gasteiger charge is -2.09. The van der Waals surface area contributed by atoms with Gasteiger partial charge < -0.3 is 20.1 Å². The molecule has 6 nitrogen and oxygen atoms in total. The first kappa shape index (κ1) is 18.1. The molecule has 28 heavy (non-hydrogen) atoms. The Morgan fingerprint density at radius 3 is 2.79 bits per heavy atom. The zero-order valence-corrected chi connectivity index (χ0v) is 15.3. The van der Waals surface area contributed by atoms with Crippen LogP contribution in [0.1, 0.15) is 16.1 Å². The lowest BCUT2D eigenvalue weighted by atomic mass is 10.2. The van der Waals surface area contributed by atoms with Crippen molar-refractivity contribution in [3.63, 3.8) is 0 Å². The van der Waals surface area contributed by atoms with Crippen LogP contribution in [0.5, 0.6) is 11.5 Å². The number of anilines is 2. The molecule has 0 bridgehead atoms. The molecule has 142 valence electrons. The van der Waals surface area contributed by atoms with Crippen molar-refractivity contribution in [2.75, 3.05) is 17.4 Å². The van der Waals surface area contributed by atoms with Gasteiger partial charge >= 0.3 is 0 Å². The van der Waals surface area contributed by atoms with E-state index in [2.05, 4.69) is 15.6 Å². The smallest absolute Gasteiger partial charge is 0.274 e. The van der Waals surface area contributed by atoms with Crippen LogP contribution in [-0.2, 0) is 6.54 Å². The van der Waals surface area contributed by atoms with Crippen LogP contribution in [0, 0.1) is 5.82 Å². The second-order valence-corrected chi connectivity index (χ2v) is 6.46. The first-order valence-corrected chi connectivity index (χ1v) is 8.81. The van der Waals surface area contributed by atoms with Gasteiger partial charge in [-0.2, -0.15) is 0 Å². The predicted octanol–water partition coefficient (Wildman–Crippen LogP) is 4.47. The zero-order chi connectivity index (χ0) is 19.5. The number of pyridine rings is 1. The average Bonchev–Trinajstić information content (AvgIpc) is 3.17. The van der Waals surface area contributed by atoms with E-state index in [-0.39, 0.29) is 17.5 Å². The number of nitrogens with zero attached hydrogens (tertiary/aromatic N) is 1. The molecule has 2 heterocycles. The maximum atomic E-state index is 13.2. The molecule has 0 fully saturated rings. The molecular weight excluding hydrogens is 385 g/mol. The van der Waals surface area contributed by atoms with Gasteiger partial charge in [0.2, 0.25) is 6.79 Å². The molecule has 0 saturated heterocycles. The Kier molecular flexibility index (Phi) is 4.99. The summed E-state index contributed by atoms with van der Waals surface area (Å²) in [7, 11) is 0. The Hall–Kier alpha value is -3.32. The van der Waals surface area contributed by atoms with Gasteiger partial charge in [-0.05, 0) is 48.0 Å². The number of hydrogen-bond acceptors (Lipinski definition) is 5. The maximum absolute atomic E-state index is 13.2. The number of ether oxygens (including phenoxy) is 2. The summed E-state index contributed by atoms with van der Waals surface area (Å²) in [5.74, 6) is 0.474. The van der Waals surface area contributed by atoms with Gasteiger partial charge in [0.05, 0.1) is 5.02 Å². The van der Waals surface area contributed by atoms with Gasteiger partial charge in [0, 0.05) is 24.1 Å². The molecule has 0 radical (unpaired) electrons. The molecule has 0 saturated carbocycles. The fraction of sp³-hybridized carbons (Fsp3) is 0.100. The Balaban J connectivity index is 1.42. The van der Waals surface area contributed by atoms with E-state index in [0.29, 0.717) is 18.0 Å². The number of benzene rings is 2. The highest BCUT2D eigenvalue weighted by Gasteiger charge is 2.13. The third-order valence-electron chi connectivity index (χ3n) is 4.10. The minimum Gasteiger partial charge on any atom is -0.454 e. The summed E-state index contributed by atoms with van der Waals surface area (Å²) in [6.45, 7) is 0.767. The molecule has 1 aliphatic rings. The normalized spacial score (nSPS) is 11.9. The van der Waals surface area contributed by atoms with Crippen LogP contribution in [0.3, 0.4) is 0 Å². The van der Waals surface area contributed by atoms with E-state index in [1.54, 1.807) is 12.1 Å². The third-order valence-corrected chi connectivity index (χ3v) is 4.39. The van der Waals surface area contributed by atoms with Crippen LogP contribution in [0.2, 0.25) is 5.02 Å². The van der Waals surface area contributed by atoms with Crippen LogP contribution in [0.4, 0.5) is 15.8 Å². The van der Waals surface area contributed by atoms with Crippen molar-refractivity contribution in [2.24, 2.45) is 0 Å². The van der Waals surface area contributed by atoms with Gasteiger partial charge in [0.15, 0.2) is 11.5 Å². The highest BCUT2D eigenvalue weighted by molar-refractivity contribution is 6.31. The topological polar surface area (TPSA) is 72.5 Å². The molecular formula is C20H15ClFN3O3. The number of aromatic nitrogens is 1. The highest BCUT2D eigenvalue weighted by atomic mass is 35.5. The molecule has 1 aliphatic heterocycles. The van der Waals surface area contributed by atoms with Gasteiger partial charge in [0.25, 0.3) is 5.91 Å². The van der Waals surface area contributed by atoms with E-state index >= 15 is 0 Å². The van der Waals surface area contributed by atoms with Crippen LogP contribution in [0.25, 0.3) is 0 Å². The summed E-state index contributed by atoms with van der Waals surface area (Å²) in [5, 5.41) is 5.82. The Morgan fingerprint density at radius 1 is 1.07 bits per heavy atom. The molecule has 0 unspecified atom stereocenters. The minimum absolute atomic E-state index is 0.0649. The second kappa shape index (κ2) is 7.74. The first-order valence-electron chi connectivity index (χ1n) is 8.43. The lowest BCUT2D eigenvalue weighted by molar-refractivity contribution is 0.102. The van der Waals surface area contributed by atoms with Crippen molar-refractivity contribution in [1.82, 2.24) is 4.98 Å². The Labute approximate surface area is 165 Å². The number of halogens is 2. The highest BCUT2D eigenvalue weighted by Crippen LogP contribution is 2.32. The van der Waals surface area contributed by atoms with Crippen molar-refractivity contribution < 1.29 is 18.7 Å². The molecule has 2 N–H and O–H groups in total. The van der Waals surface area contributed by atoms with E-state index in [4.69, 9.17) is 21.1 Å². The van der Waals surface area contributed by atoms with E-state index in [9.17, 15) is 9.18 Å². The van der Waals surface area contributed by atoms with Crippen LogP contribution >= 0.6 is 11.6 Å². The van der Waals surface area contributed by atoms with Crippen molar-refractivity contribution >= 4 is 28.9 Å². The van der Waals surface area contributed by atoms with E-state index in [1.165, 1.54) is 24.4 Å². The standard InChI is InChI=1S/C20H15ClFN3O3/c21-15-8-14(2-3-16(15)22)25-20(26)17-9-13(5-6-23-17)24-10-12-1-4-18-19(7-12)28-11-27-18/h1-9H,10-11H2,(H,23,24)(H,25,26). The monoisotopic (exact) mass is 399 g/mol. The first-order chi connectivity index (χ1) is 13.6. The van der Waals surface area contributed by atoms with Crippen LogP contribution in [-0.4, -0.2) is 17.7 Å². The van der Waals surface area contributed by atoms with Gasteiger partial charge in [-0.3, -0.25) is 9.78 Å². The minimum atomic E-state index is -0.549. The molecule has 1 amide bonds. The number of nitrogens with one attached hydrogen (secondary N) is 2. The van der Waals surface area contributed by atoms with Crippen molar-refractivity contribution in [3.05, 3.63) is 76.8 Å². The molecule has 4 rings (SSSR count). The number of carbonyl (C=O) groups is 1. The van der Waals surface area contributed by atoms with Gasteiger partial charge in [-0.25, -0.2) is 4.39 Å². The van der Waals surface area contributed by atoms with Gasteiger partial charge in [-0.1, -0.05) is 17.7 Å². The number of amides is 1. The van der Waals surface area contributed by atoms with Crippen molar-refractivity contribution in [1.29, 1.82) is 0 Å². The van der Waals surface area contributed by atoms with Crippen molar-refractivity contribution in [3.8, 4) is 11.5 Å². The summed E-state index contributed by atoms with van der Waals surface area (Å²) < 4.78 is 23.9. The molecule has 0 spiro atoms. The molecule has 0 atom stereocenters. The maximum Gasteiger partial charge on any atom is 0.274 e. The molecule has 3 aromatic rings. The van der Waals surface area contributed by atoms with E-state index in [1.807, 2.05) is 18.2 Å². The second-order valence-electron chi connectivity index (χ2n) is 6.05. The zero-order valence-electron chi connectivity index (χ0n) is 14.5. The van der Waals surface area contributed by atoms with E-state index < -0.39 is 11.7 Å². The fourth-order valence-electron chi connectivity index (χ4n) is 2.69. The molecule has 0 aliphatic carbocycles. The van der Waals surface area contributed by atoms with Crippen LogP contribution in [0.15, 0.2) is 54.7 Å². The number of fused-ring (bicyclic) bond motifs is 1. The average molecular weight is 400 g/mol. The summed E-state index contributed by atoms with van der Waals surface area (Å²) in [6, 6.07) is 13.1. The summed E-state index contributed by atoms with van der Waals surface area (Å²) in [6.07, 6.45) is 1.54. The van der Waals surface area contributed by atoms with Gasteiger partial charge in [-0.15, -0.1) is 0 Å². The van der Waals surface area contributed by atoms with Crippen molar-refractivity contribution in [2.45, 2.75) is 6.54 Å². The summed E-state index contributed by atoms with van der Waals surface area (Å²) in [4.78, 5) is 16.5.